The molecule has 6 heteroatoms. The summed E-state index contributed by atoms with van der Waals surface area (Å²) in [6.45, 7) is -0.370. The van der Waals surface area contributed by atoms with E-state index in [0.717, 1.165) is 12.1 Å². The maximum absolute atomic E-state index is 12.2. The number of nitrogens with two attached hydrogens (primary N) is 1. The summed E-state index contributed by atoms with van der Waals surface area (Å²) in [6.07, 6.45) is -4.43. The van der Waals surface area contributed by atoms with Crippen molar-refractivity contribution in [1.29, 1.82) is 0 Å². The molecule has 0 aliphatic rings. The van der Waals surface area contributed by atoms with Crippen molar-refractivity contribution in [2.24, 2.45) is 5.73 Å². The maximum Gasteiger partial charge on any atom is 0.416 e. The van der Waals surface area contributed by atoms with Crippen molar-refractivity contribution in [3.63, 3.8) is 0 Å². The van der Waals surface area contributed by atoms with E-state index in [4.69, 9.17) is 22.4 Å². The Balaban J connectivity index is 3.09. The van der Waals surface area contributed by atoms with Crippen LogP contribution in [0.2, 0.25) is 5.02 Å². The van der Waals surface area contributed by atoms with Crippen LogP contribution in [0.15, 0.2) is 18.2 Å². The highest BCUT2D eigenvalue weighted by atomic mass is 35.5. The predicted molar refractivity (Wildman–Crippen MR) is 50.5 cm³/mol. The number of alkyl halides is 3. The maximum atomic E-state index is 12.2. The SMILES string of the molecule is N[C@H](CO)c1ccc(C(F)(F)F)cc1Cl. The molecule has 0 fully saturated rings. The van der Waals surface area contributed by atoms with Gasteiger partial charge in [0, 0.05) is 5.02 Å². The Bertz CT molecular complexity index is 354. The number of benzene rings is 1. The van der Waals surface area contributed by atoms with Crippen LogP contribution in [0.3, 0.4) is 0 Å². The van der Waals surface area contributed by atoms with E-state index >= 15 is 0 Å². The van der Waals surface area contributed by atoms with Gasteiger partial charge in [0.1, 0.15) is 0 Å². The van der Waals surface area contributed by atoms with E-state index in [1.54, 1.807) is 0 Å². The molecule has 0 aromatic heterocycles. The molecule has 0 spiro atoms. The van der Waals surface area contributed by atoms with Gasteiger partial charge in [0.25, 0.3) is 0 Å². The number of hydrogen-bond donors (Lipinski definition) is 2. The van der Waals surface area contributed by atoms with Crippen LogP contribution in [0.5, 0.6) is 0 Å². The number of hydrogen-bond acceptors (Lipinski definition) is 2. The molecular formula is C9H9ClF3NO. The van der Waals surface area contributed by atoms with Crippen LogP contribution in [-0.4, -0.2) is 11.7 Å². The molecule has 1 aromatic carbocycles. The van der Waals surface area contributed by atoms with E-state index in [2.05, 4.69) is 0 Å². The summed E-state index contributed by atoms with van der Waals surface area (Å²) in [5.41, 5.74) is 4.90. The molecule has 1 rings (SSSR count). The molecule has 1 aromatic rings. The van der Waals surface area contributed by atoms with Crippen LogP contribution >= 0.6 is 11.6 Å². The first-order valence-electron chi connectivity index (χ1n) is 4.09. The second-order valence-electron chi connectivity index (χ2n) is 3.02. The standard InChI is InChI=1S/C9H9ClF3NO/c10-7-3-5(9(11,12)13)1-2-6(7)8(14)4-15/h1-3,8,15H,4,14H2/t8-/m1/s1. The highest BCUT2D eigenvalue weighted by Crippen LogP contribution is 2.33. The fraction of sp³-hybridized carbons (Fsp3) is 0.333. The largest absolute Gasteiger partial charge is 0.416 e. The van der Waals surface area contributed by atoms with Crippen molar-refractivity contribution >= 4 is 11.6 Å². The molecule has 0 amide bonds. The Morgan fingerprint density at radius 2 is 2.00 bits per heavy atom. The first-order valence-corrected chi connectivity index (χ1v) is 4.47. The Morgan fingerprint density at radius 3 is 2.40 bits per heavy atom. The average Bonchev–Trinajstić information content (AvgIpc) is 2.15. The van der Waals surface area contributed by atoms with Crippen LogP contribution in [0.4, 0.5) is 13.2 Å². The fourth-order valence-electron chi connectivity index (χ4n) is 1.10. The lowest BCUT2D eigenvalue weighted by atomic mass is 10.1. The van der Waals surface area contributed by atoms with Gasteiger partial charge in [0.15, 0.2) is 0 Å². The molecule has 3 N–H and O–H groups in total. The number of halogens is 4. The smallest absolute Gasteiger partial charge is 0.394 e. The second kappa shape index (κ2) is 4.38. The zero-order valence-electron chi connectivity index (χ0n) is 7.55. The molecule has 0 aliphatic heterocycles. The van der Waals surface area contributed by atoms with Gasteiger partial charge in [0.05, 0.1) is 18.2 Å². The van der Waals surface area contributed by atoms with Gasteiger partial charge < -0.3 is 10.8 Å². The normalized spacial score (nSPS) is 14.0. The van der Waals surface area contributed by atoms with Crippen molar-refractivity contribution < 1.29 is 18.3 Å². The molecule has 0 saturated carbocycles. The number of rotatable bonds is 2. The molecule has 2 nitrogen and oxygen atoms in total. The van der Waals surface area contributed by atoms with Crippen molar-refractivity contribution in [3.8, 4) is 0 Å². The molecule has 0 saturated heterocycles. The lowest BCUT2D eigenvalue weighted by molar-refractivity contribution is -0.137. The summed E-state index contributed by atoms with van der Waals surface area (Å²) < 4.78 is 36.7. The van der Waals surface area contributed by atoms with Crippen molar-refractivity contribution in [2.45, 2.75) is 12.2 Å². The highest BCUT2D eigenvalue weighted by Gasteiger charge is 2.31. The van der Waals surface area contributed by atoms with E-state index in [1.807, 2.05) is 0 Å². The molecule has 0 aliphatic carbocycles. The summed E-state index contributed by atoms with van der Waals surface area (Å²) in [5, 5.41) is 8.64. The molecular weight excluding hydrogens is 231 g/mol. The Labute approximate surface area is 89.5 Å². The third-order valence-corrected chi connectivity index (χ3v) is 2.25. The minimum atomic E-state index is -4.43. The Morgan fingerprint density at radius 1 is 1.40 bits per heavy atom. The molecule has 15 heavy (non-hydrogen) atoms. The van der Waals surface area contributed by atoms with Gasteiger partial charge in [0.2, 0.25) is 0 Å². The minimum Gasteiger partial charge on any atom is -0.394 e. The lowest BCUT2D eigenvalue weighted by Gasteiger charge is -2.13. The Kier molecular flexibility index (Phi) is 3.59. The van der Waals surface area contributed by atoms with Gasteiger partial charge in [-0.25, -0.2) is 0 Å². The van der Waals surface area contributed by atoms with Crippen LogP contribution in [-0.2, 0) is 6.18 Å². The number of aliphatic hydroxyl groups is 1. The summed E-state index contributed by atoms with van der Waals surface area (Å²) >= 11 is 5.62. The zero-order chi connectivity index (χ0) is 11.6. The van der Waals surface area contributed by atoms with Gasteiger partial charge in [-0.2, -0.15) is 13.2 Å². The van der Waals surface area contributed by atoms with Crippen LogP contribution in [0.1, 0.15) is 17.2 Å². The van der Waals surface area contributed by atoms with Gasteiger partial charge in [-0.3, -0.25) is 0 Å². The van der Waals surface area contributed by atoms with Crippen LogP contribution in [0.25, 0.3) is 0 Å². The number of aliphatic hydroxyl groups excluding tert-OH is 1. The fourth-order valence-corrected chi connectivity index (χ4v) is 1.42. The van der Waals surface area contributed by atoms with Gasteiger partial charge in [-0.05, 0) is 17.7 Å². The topological polar surface area (TPSA) is 46.2 Å². The zero-order valence-corrected chi connectivity index (χ0v) is 8.31. The van der Waals surface area contributed by atoms with E-state index in [1.165, 1.54) is 6.07 Å². The third-order valence-electron chi connectivity index (χ3n) is 1.92. The minimum absolute atomic E-state index is 0.0913. The van der Waals surface area contributed by atoms with Crippen molar-refractivity contribution in [2.75, 3.05) is 6.61 Å². The molecule has 0 bridgehead atoms. The molecule has 1 atom stereocenters. The van der Waals surface area contributed by atoms with E-state index < -0.39 is 17.8 Å². The molecule has 0 radical (unpaired) electrons. The van der Waals surface area contributed by atoms with Gasteiger partial charge in [-0.1, -0.05) is 17.7 Å². The van der Waals surface area contributed by atoms with E-state index in [-0.39, 0.29) is 11.6 Å². The second-order valence-corrected chi connectivity index (χ2v) is 3.43. The molecule has 84 valence electrons. The van der Waals surface area contributed by atoms with E-state index in [9.17, 15) is 13.2 Å². The quantitative estimate of drug-likeness (QED) is 0.832. The van der Waals surface area contributed by atoms with Gasteiger partial charge in [-0.15, -0.1) is 0 Å². The first kappa shape index (κ1) is 12.3. The van der Waals surface area contributed by atoms with Crippen LogP contribution in [0, 0.1) is 0 Å². The summed E-state index contributed by atoms with van der Waals surface area (Å²) in [6, 6.07) is 2.09. The van der Waals surface area contributed by atoms with Crippen molar-refractivity contribution in [3.05, 3.63) is 34.3 Å². The lowest BCUT2D eigenvalue weighted by Crippen LogP contribution is -2.15. The molecule has 0 unspecified atom stereocenters. The van der Waals surface area contributed by atoms with E-state index in [0.29, 0.717) is 5.56 Å². The highest BCUT2D eigenvalue weighted by molar-refractivity contribution is 6.31. The third kappa shape index (κ3) is 2.84. The molecule has 0 heterocycles. The first-order chi connectivity index (χ1) is 6.86. The van der Waals surface area contributed by atoms with Crippen LogP contribution < -0.4 is 5.73 Å². The monoisotopic (exact) mass is 239 g/mol. The summed E-state index contributed by atoms with van der Waals surface area (Å²) in [5.74, 6) is 0. The predicted octanol–water partition coefficient (Wildman–Crippen LogP) is 2.35. The van der Waals surface area contributed by atoms with Crippen molar-refractivity contribution in [1.82, 2.24) is 0 Å². The van der Waals surface area contributed by atoms with Gasteiger partial charge >= 0.3 is 6.18 Å². The summed E-state index contributed by atoms with van der Waals surface area (Å²) in [4.78, 5) is 0. The average molecular weight is 240 g/mol. The Hall–Kier alpha value is -0.780. The summed E-state index contributed by atoms with van der Waals surface area (Å²) in [7, 11) is 0.